The number of halogens is 2. The summed E-state index contributed by atoms with van der Waals surface area (Å²) in [5.74, 6) is -0.0289. The first-order chi connectivity index (χ1) is 10.6. The van der Waals surface area contributed by atoms with Crippen LogP contribution in [0.25, 0.3) is 15.8 Å². The number of hydrogen-bond acceptors (Lipinski definition) is 3. The first-order valence-corrected chi connectivity index (χ1v) is 8.90. The third-order valence-electron chi connectivity index (χ3n) is 2.99. The van der Waals surface area contributed by atoms with Gasteiger partial charge in [-0.15, -0.1) is 22.7 Å². The van der Waals surface area contributed by atoms with Crippen molar-refractivity contribution in [2.75, 3.05) is 0 Å². The third-order valence-corrected chi connectivity index (χ3v) is 5.72. The number of ketones is 1. The summed E-state index contributed by atoms with van der Waals surface area (Å²) >= 11 is 15.1. The SMILES string of the molecule is O=C(/C=C/c1ccc(Cl)cc1Cl)c1ccc(-c2cccs2)s1. The van der Waals surface area contributed by atoms with E-state index in [9.17, 15) is 4.79 Å². The van der Waals surface area contributed by atoms with Gasteiger partial charge in [0.25, 0.3) is 0 Å². The Bertz CT molecular complexity index is 832. The maximum atomic E-state index is 12.2. The topological polar surface area (TPSA) is 17.1 Å². The van der Waals surface area contributed by atoms with Crippen LogP contribution in [0.15, 0.2) is 53.9 Å². The molecule has 1 nitrogen and oxygen atoms in total. The van der Waals surface area contributed by atoms with Crippen molar-refractivity contribution < 1.29 is 4.79 Å². The fourth-order valence-corrected chi connectivity index (χ4v) is 4.14. The van der Waals surface area contributed by atoms with Gasteiger partial charge in [-0.3, -0.25) is 4.79 Å². The zero-order valence-corrected chi connectivity index (χ0v) is 14.4. The number of benzene rings is 1. The number of thiophene rings is 2. The molecule has 1 aromatic carbocycles. The van der Waals surface area contributed by atoms with Crippen molar-refractivity contribution in [3.8, 4) is 9.75 Å². The number of allylic oxidation sites excluding steroid dienone is 1. The number of carbonyl (C=O) groups is 1. The van der Waals surface area contributed by atoms with E-state index in [1.165, 1.54) is 16.2 Å². The lowest BCUT2D eigenvalue weighted by Gasteiger charge is -1.98. The van der Waals surface area contributed by atoms with Gasteiger partial charge in [0.15, 0.2) is 5.78 Å². The lowest BCUT2D eigenvalue weighted by atomic mass is 10.2. The molecule has 2 aromatic heterocycles. The minimum atomic E-state index is -0.0289. The molecule has 0 saturated heterocycles. The van der Waals surface area contributed by atoms with Crippen LogP contribution in [0.5, 0.6) is 0 Å². The highest BCUT2D eigenvalue weighted by molar-refractivity contribution is 7.22. The second-order valence-electron chi connectivity index (χ2n) is 4.50. The van der Waals surface area contributed by atoms with E-state index in [1.807, 2.05) is 29.6 Å². The van der Waals surface area contributed by atoms with E-state index in [1.54, 1.807) is 41.7 Å². The van der Waals surface area contributed by atoms with Crippen LogP contribution in [0, 0.1) is 0 Å². The second-order valence-corrected chi connectivity index (χ2v) is 7.38. The molecule has 0 fully saturated rings. The summed E-state index contributed by atoms with van der Waals surface area (Å²) in [6, 6.07) is 13.1. The van der Waals surface area contributed by atoms with Crippen LogP contribution in [-0.4, -0.2) is 5.78 Å². The van der Waals surface area contributed by atoms with E-state index >= 15 is 0 Å². The smallest absolute Gasteiger partial charge is 0.195 e. The van der Waals surface area contributed by atoms with Gasteiger partial charge in [0, 0.05) is 19.8 Å². The number of carbonyl (C=O) groups excluding carboxylic acids is 1. The Balaban J connectivity index is 1.78. The molecule has 3 aromatic rings. The Morgan fingerprint density at radius 3 is 2.64 bits per heavy atom. The number of rotatable bonds is 4. The van der Waals surface area contributed by atoms with Gasteiger partial charge in [-0.1, -0.05) is 35.3 Å². The Morgan fingerprint density at radius 1 is 1.05 bits per heavy atom. The van der Waals surface area contributed by atoms with Crippen molar-refractivity contribution in [2.45, 2.75) is 0 Å². The van der Waals surface area contributed by atoms with Gasteiger partial charge in [0.05, 0.1) is 4.88 Å². The average molecular weight is 365 g/mol. The molecule has 0 bridgehead atoms. The van der Waals surface area contributed by atoms with Crippen molar-refractivity contribution in [1.29, 1.82) is 0 Å². The molecule has 0 radical (unpaired) electrons. The van der Waals surface area contributed by atoms with E-state index in [0.717, 1.165) is 10.4 Å². The van der Waals surface area contributed by atoms with Crippen LogP contribution >= 0.6 is 45.9 Å². The molecule has 0 atom stereocenters. The van der Waals surface area contributed by atoms with Crippen LogP contribution < -0.4 is 0 Å². The van der Waals surface area contributed by atoms with E-state index in [2.05, 4.69) is 0 Å². The van der Waals surface area contributed by atoms with Crippen LogP contribution in [0.3, 0.4) is 0 Å². The highest BCUT2D eigenvalue weighted by Crippen LogP contribution is 2.32. The van der Waals surface area contributed by atoms with Gasteiger partial charge in [-0.2, -0.15) is 0 Å². The van der Waals surface area contributed by atoms with Gasteiger partial charge in [-0.25, -0.2) is 0 Å². The summed E-state index contributed by atoms with van der Waals surface area (Å²) in [6.07, 6.45) is 3.25. The first kappa shape index (κ1) is 15.5. The highest BCUT2D eigenvalue weighted by Gasteiger charge is 2.08. The molecule has 0 spiro atoms. The summed E-state index contributed by atoms with van der Waals surface area (Å²) in [6.45, 7) is 0. The largest absolute Gasteiger partial charge is 0.288 e. The van der Waals surface area contributed by atoms with Crippen molar-refractivity contribution in [2.24, 2.45) is 0 Å². The monoisotopic (exact) mass is 364 g/mol. The molecule has 0 aliphatic heterocycles. The molecule has 22 heavy (non-hydrogen) atoms. The summed E-state index contributed by atoms with van der Waals surface area (Å²) in [4.78, 5) is 15.2. The standard InChI is InChI=1S/C17H10Cl2OS2/c18-12-5-3-11(13(19)10-12)4-6-14(20)15-7-8-17(22-15)16-2-1-9-21-16/h1-10H/b6-4+. The fraction of sp³-hybridized carbons (Fsp3) is 0. The summed E-state index contributed by atoms with van der Waals surface area (Å²) < 4.78 is 0. The molecule has 0 N–H and O–H groups in total. The maximum absolute atomic E-state index is 12.2. The summed E-state index contributed by atoms with van der Waals surface area (Å²) in [5.41, 5.74) is 0.773. The molecule has 0 aliphatic carbocycles. The lowest BCUT2D eigenvalue weighted by Crippen LogP contribution is -1.88. The maximum Gasteiger partial charge on any atom is 0.195 e. The quantitative estimate of drug-likeness (QED) is 0.372. The van der Waals surface area contributed by atoms with E-state index < -0.39 is 0 Å². The van der Waals surface area contributed by atoms with Crippen molar-refractivity contribution in [1.82, 2.24) is 0 Å². The van der Waals surface area contributed by atoms with Gasteiger partial charge in [0.2, 0.25) is 0 Å². The Hall–Kier alpha value is -1.39. The van der Waals surface area contributed by atoms with Gasteiger partial charge < -0.3 is 0 Å². The van der Waals surface area contributed by atoms with Crippen molar-refractivity contribution in [3.63, 3.8) is 0 Å². The molecule has 2 heterocycles. The first-order valence-electron chi connectivity index (χ1n) is 6.44. The average Bonchev–Trinajstić information content (AvgIpc) is 3.17. The Labute approximate surface area is 146 Å². The van der Waals surface area contributed by atoms with Gasteiger partial charge in [0.1, 0.15) is 0 Å². The molecule has 3 rings (SSSR count). The molecule has 0 saturated carbocycles. The van der Waals surface area contributed by atoms with Gasteiger partial charge >= 0.3 is 0 Å². The van der Waals surface area contributed by atoms with E-state index in [4.69, 9.17) is 23.2 Å². The zero-order valence-electron chi connectivity index (χ0n) is 11.3. The van der Waals surface area contributed by atoms with E-state index in [-0.39, 0.29) is 5.78 Å². The third kappa shape index (κ3) is 3.50. The van der Waals surface area contributed by atoms with Crippen LogP contribution in [-0.2, 0) is 0 Å². The predicted molar refractivity (Wildman–Crippen MR) is 97.5 cm³/mol. The van der Waals surface area contributed by atoms with E-state index in [0.29, 0.717) is 14.9 Å². The molecule has 5 heteroatoms. The molecule has 0 unspecified atom stereocenters. The van der Waals surface area contributed by atoms with Crippen LogP contribution in [0.2, 0.25) is 10.0 Å². The minimum Gasteiger partial charge on any atom is -0.288 e. The van der Waals surface area contributed by atoms with Crippen molar-refractivity contribution >= 4 is 57.7 Å². The highest BCUT2D eigenvalue weighted by atomic mass is 35.5. The normalized spacial score (nSPS) is 11.2. The summed E-state index contributed by atoms with van der Waals surface area (Å²) in [5, 5.41) is 3.13. The molecule has 0 aliphatic rings. The van der Waals surface area contributed by atoms with Gasteiger partial charge in [-0.05, 0) is 53.4 Å². The zero-order chi connectivity index (χ0) is 15.5. The minimum absolute atomic E-state index is 0.0289. The number of hydrogen-bond donors (Lipinski definition) is 0. The molecular weight excluding hydrogens is 355 g/mol. The van der Waals surface area contributed by atoms with Crippen molar-refractivity contribution in [3.05, 3.63) is 74.4 Å². The Kier molecular flexibility index (Phi) is 4.79. The lowest BCUT2D eigenvalue weighted by molar-refractivity contribution is 0.105. The second kappa shape index (κ2) is 6.80. The Morgan fingerprint density at radius 2 is 1.91 bits per heavy atom. The predicted octanol–water partition coefficient (Wildman–Crippen LogP) is 6.68. The molecule has 0 amide bonds. The van der Waals surface area contributed by atoms with Crippen LogP contribution in [0.4, 0.5) is 0 Å². The summed E-state index contributed by atoms with van der Waals surface area (Å²) in [7, 11) is 0. The van der Waals surface area contributed by atoms with Crippen LogP contribution in [0.1, 0.15) is 15.2 Å². The molecule has 110 valence electrons. The fourth-order valence-electron chi connectivity index (χ4n) is 1.91. The molecular formula is C17H10Cl2OS2.